The van der Waals surface area contributed by atoms with Crippen LogP contribution in [0.1, 0.15) is 22.3 Å². The molecule has 0 amide bonds. The van der Waals surface area contributed by atoms with E-state index in [1.165, 1.54) is 12.1 Å². The van der Waals surface area contributed by atoms with Gasteiger partial charge in [-0.05, 0) is 183 Å². The molecule has 0 saturated heterocycles. The standard InChI is InChI=1S/C10H4Br2F8O4S2.C10H4Br2F8O2S2.C10H5F7O4S2.C10H5F7O2S2.C8H4BrF5O2S2.C2H4/c11-7(13,8(12,14)15)5-1-3-6(4-2-5)25(21,22)9(16,17)10(18,19)26(20,23)24;11-7(13,8(12,14)15)5-1-3-6(4-2-5)23-9(16,17)10(18,19)24(20,21)22;11-8(12)5-6-1-3-7(4-2-6)22(18,19)9(13,14)10(15,16)23(17,20)21;11-8(12)5-6-1-3-7(4-2-6)20-9(13,14)10(15,16)21(17,18)19;9-5-1-3-6(4-2-5)17-7(10,11)8(12,13)18(14,15)16;1-2/h1-4H;1-4H;1-5H;1-5H;1-4H;1-2H2. The second kappa shape index (κ2) is 37.9. The van der Waals surface area contributed by atoms with E-state index in [1.807, 2.05) is 15.9 Å². The molecule has 0 aliphatic carbocycles. The van der Waals surface area contributed by atoms with Gasteiger partial charge in [-0.3, -0.25) is 0 Å². The third kappa shape index (κ3) is 25.8. The lowest BCUT2D eigenvalue weighted by atomic mass is 10.1. The van der Waals surface area contributed by atoms with Crippen LogP contribution in [0.3, 0.4) is 0 Å². The molecule has 5 aromatic rings. The predicted molar refractivity (Wildman–Crippen MR) is 354 cm³/mol. The second-order valence-electron chi connectivity index (χ2n) is 19.3. The van der Waals surface area contributed by atoms with Gasteiger partial charge in [0.1, 0.15) is 0 Å². The Labute approximate surface area is 671 Å². The second-order valence-corrected chi connectivity index (χ2v) is 38.9. The first kappa shape index (κ1) is 110. The van der Waals surface area contributed by atoms with Crippen molar-refractivity contribution >= 4 is 198 Å². The van der Waals surface area contributed by atoms with E-state index in [4.69, 9.17) is 0 Å². The van der Waals surface area contributed by atoms with Crippen LogP contribution in [0, 0.1) is 0 Å². The summed E-state index contributed by atoms with van der Waals surface area (Å²) in [6.07, 6.45) is -3.65. The van der Waals surface area contributed by atoms with E-state index in [-0.39, 0.29) is 58.5 Å². The van der Waals surface area contributed by atoms with Crippen molar-refractivity contribution in [1.82, 2.24) is 0 Å². The molecule has 0 N–H and O–H groups in total. The van der Waals surface area contributed by atoms with Gasteiger partial charge in [-0.25, -0.2) is 25.6 Å². The molecule has 64 heteroatoms. The molecule has 2 atom stereocenters. The SMILES string of the molecule is C=C.O=S(=O)(F)C(F)(F)C(F)(F)S(=O)(=O)c1ccc(C(F)(Br)C(F)(F)Br)cc1.O=S(=O)(F)C(F)(F)C(F)(F)S(=O)(=O)c1ccc(C=C(F)F)cc1.O=S(=O)(F)C(F)(F)C(F)(F)Sc1ccc(Br)cc1.O=S(=O)(F)C(F)(F)C(F)(F)Sc1ccc(C(F)(Br)C(F)(F)Br)cc1.O=S(=O)(F)C(F)(F)C(F)(F)Sc1ccc(C=C(F)F)cc1. The molecular formula is C50H26Br5F35O14S10. The first-order valence-electron chi connectivity index (χ1n) is 25.8. The van der Waals surface area contributed by atoms with Crippen molar-refractivity contribution in [2.24, 2.45) is 0 Å². The fraction of sp³-hybridized carbons (Fsp3) is 0.280. The Bertz CT molecular complexity index is 5070. The molecular weight excluding hydrogens is 2210 g/mol. The van der Waals surface area contributed by atoms with Gasteiger partial charge in [0, 0.05) is 42.4 Å². The van der Waals surface area contributed by atoms with Crippen molar-refractivity contribution in [2.75, 3.05) is 0 Å². The van der Waals surface area contributed by atoms with Crippen molar-refractivity contribution in [3.8, 4) is 0 Å². The fourth-order valence-electron chi connectivity index (χ4n) is 5.97. The van der Waals surface area contributed by atoms with Gasteiger partial charge in [0.15, 0.2) is 0 Å². The Morgan fingerprint density at radius 2 is 0.474 bits per heavy atom. The van der Waals surface area contributed by atoms with Gasteiger partial charge < -0.3 is 0 Å². The number of alkyl halides is 30. The van der Waals surface area contributed by atoms with Crippen molar-refractivity contribution < 1.29 is 210 Å². The molecule has 0 heterocycles. The minimum absolute atomic E-state index is 0.0356. The third-order valence-electron chi connectivity index (χ3n) is 11.5. The summed E-state index contributed by atoms with van der Waals surface area (Å²) >= 11 is 7.82. The molecule has 114 heavy (non-hydrogen) atoms. The van der Waals surface area contributed by atoms with Crippen molar-refractivity contribution in [3.05, 3.63) is 173 Å². The zero-order valence-corrected chi connectivity index (χ0v) is 68.1. The van der Waals surface area contributed by atoms with E-state index in [9.17, 15) is 210 Å². The molecule has 0 aliphatic heterocycles. The number of halogens is 40. The normalized spacial score (nSPS) is 14.8. The molecule has 0 aromatic heterocycles. The van der Waals surface area contributed by atoms with Gasteiger partial charge in [-0.2, -0.15) is 165 Å². The van der Waals surface area contributed by atoms with Crippen LogP contribution in [0.5, 0.6) is 0 Å². The number of rotatable bonds is 26. The predicted octanol–water partition coefficient (Wildman–Crippen LogP) is 22.7. The maximum Gasteiger partial charge on any atom is 0.451 e. The lowest BCUT2D eigenvalue weighted by molar-refractivity contribution is -0.0992. The Morgan fingerprint density at radius 3 is 0.675 bits per heavy atom. The number of sulfone groups is 2. The smallest absolute Gasteiger partial charge is 0.218 e. The van der Waals surface area contributed by atoms with Crippen molar-refractivity contribution in [1.29, 1.82) is 0 Å². The average Bonchev–Trinajstić information content (AvgIpc) is 0.742. The molecule has 0 saturated carbocycles. The van der Waals surface area contributed by atoms with Gasteiger partial charge in [0.25, 0.3) is 41.0 Å². The summed E-state index contributed by atoms with van der Waals surface area (Å²) in [5, 5.41) is -59.5. The Balaban J connectivity index is 0.00000140. The maximum atomic E-state index is 13.9. The highest BCUT2D eigenvalue weighted by molar-refractivity contribution is 9.13. The lowest BCUT2D eigenvalue weighted by Crippen LogP contribution is -2.50. The molecule has 5 aromatic carbocycles. The minimum Gasteiger partial charge on any atom is -0.218 e. The quantitative estimate of drug-likeness (QED) is 0.0164. The topological polar surface area (TPSA) is 239 Å². The first-order chi connectivity index (χ1) is 50.1. The van der Waals surface area contributed by atoms with E-state index in [0.29, 0.717) is 46.9 Å². The van der Waals surface area contributed by atoms with Crippen molar-refractivity contribution in [3.63, 3.8) is 0 Å². The molecule has 14 nitrogen and oxygen atoms in total. The van der Waals surface area contributed by atoms with Gasteiger partial charge >= 0.3 is 113 Å². The largest absolute Gasteiger partial charge is 0.451 e. The molecule has 0 aliphatic rings. The summed E-state index contributed by atoms with van der Waals surface area (Å²) in [6.45, 7) is 6.00. The van der Waals surface area contributed by atoms with Crippen LogP contribution in [-0.4, -0.2) is 121 Å². The van der Waals surface area contributed by atoms with Gasteiger partial charge in [-0.1, -0.05) is 83.9 Å². The van der Waals surface area contributed by atoms with Crippen molar-refractivity contribution in [2.45, 2.75) is 95.8 Å². The van der Waals surface area contributed by atoms with E-state index < -0.39 is 220 Å². The highest BCUT2D eigenvalue weighted by Crippen LogP contribution is 2.56. The number of thioether (sulfide) groups is 3. The average molecular weight is 2240 g/mol. The van der Waals surface area contributed by atoms with Crippen LogP contribution in [0.4, 0.5) is 151 Å². The summed E-state index contributed by atoms with van der Waals surface area (Å²) in [4.78, 5) is -13.2. The van der Waals surface area contributed by atoms with Crippen LogP contribution in [-0.2, 0) is 79.9 Å². The number of hydrogen-bond donors (Lipinski definition) is 0. The van der Waals surface area contributed by atoms with Crippen LogP contribution in [0.15, 0.2) is 176 Å². The summed E-state index contributed by atoms with van der Waals surface area (Å²) in [5.41, 5.74) is -2.20. The first-order valence-corrected chi connectivity index (χ1v) is 42.1. The van der Waals surface area contributed by atoms with Gasteiger partial charge in [0.05, 0.1) is 9.79 Å². The highest BCUT2D eigenvalue weighted by Gasteiger charge is 2.76. The monoisotopic (exact) mass is 2230 g/mol. The minimum atomic E-state index is -7.34. The van der Waals surface area contributed by atoms with E-state index in [0.717, 1.165) is 36.4 Å². The zero-order valence-electron chi connectivity index (χ0n) is 52.0. The Kier molecular flexibility index (Phi) is 36.6. The van der Waals surface area contributed by atoms with Crippen LogP contribution >= 0.6 is 115 Å². The summed E-state index contributed by atoms with van der Waals surface area (Å²) in [6, 6.07) is 12.6. The van der Waals surface area contributed by atoms with Crippen LogP contribution in [0.2, 0.25) is 0 Å². The third-order valence-corrected chi connectivity index (χ3v) is 27.8. The van der Waals surface area contributed by atoms with Crippen LogP contribution < -0.4 is 0 Å². The summed E-state index contributed by atoms with van der Waals surface area (Å²) < 4.78 is 591. The zero-order chi connectivity index (χ0) is 91.1. The van der Waals surface area contributed by atoms with Gasteiger partial charge in [-0.15, -0.1) is 13.2 Å². The molecule has 650 valence electrons. The molecule has 0 fully saturated rings. The summed E-state index contributed by atoms with van der Waals surface area (Å²) in [7, 11) is -47.9. The molecule has 0 spiro atoms. The molecule has 5 rings (SSSR count). The van der Waals surface area contributed by atoms with Crippen LogP contribution in [0.25, 0.3) is 12.2 Å². The number of hydrogen-bond acceptors (Lipinski definition) is 17. The van der Waals surface area contributed by atoms with E-state index >= 15 is 0 Å². The fourth-order valence-corrected chi connectivity index (χ4v) is 15.4. The summed E-state index contributed by atoms with van der Waals surface area (Å²) in [5.74, 6) is 0. The molecule has 0 radical (unpaired) electrons. The molecule has 2 unspecified atom stereocenters. The molecule has 0 bridgehead atoms. The lowest BCUT2D eigenvalue weighted by Gasteiger charge is -2.25. The van der Waals surface area contributed by atoms with E-state index in [1.54, 1.807) is 31.9 Å². The Morgan fingerprint density at radius 1 is 0.289 bits per heavy atom. The highest BCUT2D eigenvalue weighted by atomic mass is 79.9. The van der Waals surface area contributed by atoms with Gasteiger partial charge in [0.2, 0.25) is 0 Å². The van der Waals surface area contributed by atoms with E-state index in [2.05, 4.69) is 45.0 Å². The number of benzene rings is 5. The Hall–Kier alpha value is -4.03. The maximum absolute atomic E-state index is 13.9.